The molecular formula is C14H21BrN2S. The van der Waals surface area contributed by atoms with E-state index in [2.05, 4.69) is 57.8 Å². The van der Waals surface area contributed by atoms with Gasteiger partial charge in [-0.2, -0.15) is 0 Å². The Bertz CT molecular complexity index is 393. The number of aryl methyl sites for hydroxylation is 2. The zero-order chi connectivity index (χ0) is 13.1. The molecule has 0 aliphatic carbocycles. The van der Waals surface area contributed by atoms with E-state index >= 15 is 0 Å². The fourth-order valence-corrected chi connectivity index (χ4v) is 3.61. The summed E-state index contributed by atoms with van der Waals surface area (Å²) < 4.78 is 3.71. The zero-order valence-electron chi connectivity index (χ0n) is 11.3. The van der Waals surface area contributed by atoms with Gasteiger partial charge in [-0.25, -0.2) is 0 Å². The predicted molar refractivity (Wildman–Crippen MR) is 85.5 cm³/mol. The predicted octanol–water partition coefficient (Wildman–Crippen LogP) is 3.90. The molecule has 18 heavy (non-hydrogen) atoms. The first-order chi connectivity index (χ1) is 8.63. The van der Waals surface area contributed by atoms with Crippen molar-refractivity contribution in [2.75, 3.05) is 23.7 Å². The van der Waals surface area contributed by atoms with E-state index in [0.717, 1.165) is 13.1 Å². The van der Waals surface area contributed by atoms with E-state index in [-0.39, 0.29) is 0 Å². The third-order valence-electron chi connectivity index (χ3n) is 3.51. The quantitative estimate of drug-likeness (QED) is 0.847. The van der Waals surface area contributed by atoms with Gasteiger partial charge in [-0.15, -0.1) is 0 Å². The molecule has 0 amide bonds. The summed E-state index contributed by atoms with van der Waals surface area (Å²) in [5.41, 5.74) is 3.98. The van der Waals surface area contributed by atoms with Crippen molar-refractivity contribution in [1.82, 2.24) is 5.32 Å². The van der Waals surface area contributed by atoms with Crippen molar-refractivity contribution in [1.29, 1.82) is 0 Å². The summed E-state index contributed by atoms with van der Waals surface area (Å²) in [6, 6.07) is 5.23. The highest BCUT2D eigenvalue weighted by Crippen LogP contribution is 2.32. The second kappa shape index (κ2) is 6.31. The lowest BCUT2D eigenvalue weighted by molar-refractivity contribution is 0.463. The number of hydrogen-bond acceptors (Lipinski definition) is 3. The minimum Gasteiger partial charge on any atom is -0.317 e. The first-order valence-electron chi connectivity index (χ1n) is 6.44. The van der Waals surface area contributed by atoms with Crippen LogP contribution >= 0.6 is 27.9 Å². The zero-order valence-corrected chi connectivity index (χ0v) is 13.7. The molecule has 100 valence electrons. The van der Waals surface area contributed by atoms with E-state index < -0.39 is 0 Å². The van der Waals surface area contributed by atoms with Gasteiger partial charge >= 0.3 is 0 Å². The Labute approximate surface area is 123 Å². The van der Waals surface area contributed by atoms with Gasteiger partial charge in [-0.05, 0) is 63.0 Å². The molecule has 1 N–H and O–H groups in total. The first kappa shape index (κ1) is 14.2. The summed E-state index contributed by atoms with van der Waals surface area (Å²) >= 11 is 5.49. The van der Waals surface area contributed by atoms with Gasteiger partial charge in [0.2, 0.25) is 0 Å². The fourth-order valence-electron chi connectivity index (χ4n) is 2.56. The molecule has 2 rings (SSSR count). The van der Waals surface area contributed by atoms with Crippen LogP contribution in [0.15, 0.2) is 16.6 Å². The van der Waals surface area contributed by atoms with Crippen molar-refractivity contribution < 1.29 is 0 Å². The van der Waals surface area contributed by atoms with Crippen molar-refractivity contribution in [2.45, 2.75) is 32.7 Å². The molecule has 1 heterocycles. The van der Waals surface area contributed by atoms with Crippen molar-refractivity contribution in [3.05, 3.63) is 27.7 Å². The molecule has 0 aromatic heterocycles. The smallest absolute Gasteiger partial charge is 0.0479 e. The third kappa shape index (κ3) is 3.03. The SMILES string of the molecule is CSN(c1cc(C)c(Br)c(C)c1)C1CCNCC1. The van der Waals surface area contributed by atoms with Crippen molar-refractivity contribution in [3.63, 3.8) is 0 Å². The Hall–Kier alpha value is -0.190. The van der Waals surface area contributed by atoms with Crippen molar-refractivity contribution in [3.8, 4) is 0 Å². The van der Waals surface area contributed by atoms with Gasteiger partial charge in [0, 0.05) is 22.5 Å². The van der Waals surface area contributed by atoms with Gasteiger partial charge in [0.05, 0.1) is 0 Å². The molecule has 0 bridgehead atoms. The molecular weight excluding hydrogens is 308 g/mol. The molecule has 0 unspecified atom stereocenters. The largest absolute Gasteiger partial charge is 0.317 e. The molecule has 0 radical (unpaired) electrons. The minimum atomic E-state index is 0.654. The molecule has 1 aliphatic rings. The maximum atomic E-state index is 3.65. The molecule has 2 nitrogen and oxygen atoms in total. The number of hydrogen-bond donors (Lipinski definition) is 1. The highest BCUT2D eigenvalue weighted by Gasteiger charge is 2.21. The van der Waals surface area contributed by atoms with Gasteiger partial charge in [0.1, 0.15) is 0 Å². The van der Waals surface area contributed by atoms with Crippen LogP contribution in [-0.4, -0.2) is 25.4 Å². The van der Waals surface area contributed by atoms with E-state index in [4.69, 9.17) is 0 Å². The Kier molecular flexibility index (Phi) is 4.98. The van der Waals surface area contributed by atoms with E-state index in [1.54, 1.807) is 0 Å². The number of halogens is 1. The van der Waals surface area contributed by atoms with Crippen molar-refractivity contribution in [2.24, 2.45) is 0 Å². The fraction of sp³-hybridized carbons (Fsp3) is 0.571. The van der Waals surface area contributed by atoms with E-state index in [0.29, 0.717) is 6.04 Å². The van der Waals surface area contributed by atoms with Crippen LogP contribution in [0.2, 0.25) is 0 Å². The maximum absolute atomic E-state index is 3.65. The highest BCUT2D eigenvalue weighted by molar-refractivity contribution is 9.10. The second-order valence-corrected chi connectivity index (χ2v) is 6.43. The summed E-state index contributed by atoms with van der Waals surface area (Å²) in [6.07, 6.45) is 4.64. The second-order valence-electron chi connectivity index (χ2n) is 4.88. The van der Waals surface area contributed by atoms with Crippen LogP contribution in [0, 0.1) is 13.8 Å². The number of benzene rings is 1. The Morgan fingerprint density at radius 2 is 1.78 bits per heavy atom. The van der Waals surface area contributed by atoms with Crippen LogP contribution in [0.3, 0.4) is 0 Å². The van der Waals surface area contributed by atoms with E-state index in [1.807, 2.05) is 11.9 Å². The number of rotatable bonds is 3. The Morgan fingerprint density at radius 3 is 2.28 bits per heavy atom. The highest BCUT2D eigenvalue weighted by atomic mass is 79.9. The summed E-state index contributed by atoms with van der Waals surface area (Å²) in [7, 11) is 0. The number of piperidine rings is 1. The molecule has 4 heteroatoms. The standard InChI is InChI=1S/C14H21BrN2S/c1-10-8-13(9-11(2)14(10)15)17(18-3)12-4-6-16-7-5-12/h8-9,12,16H,4-7H2,1-3H3. The molecule has 1 saturated heterocycles. The summed E-state index contributed by atoms with van der Waals surface area (Å²) in [4.78, 5) is 0. The molecule has 0 saturated carbocycles. The van der Waals surface area contributed by atoms with Crippen LogP contribution in [0.1, 0.15) is 24.0 Å². The van der Waals surface area contributed by atoms with Crippen molar-refractivity contribution >= 4 is 33.6 Å². The average Bonchev–Trinajstić information content (AvgIpc) is 2.38. The summed E-state index contributed by atoms with van der Waals surface area (Å²) in [6.45, 7) is 6.61. The summed E-state index contributed by atoms with van der Waals surface area (Å²) in [5.74, 6) is 0. The Morgan fingerprint density at radius 1 is 1.22 bits per heavy atom. The van der Waals surface area contributed by atoms with Crippen LogP contribution in [0.5, 0.6) is 0 Å². The van der Waals surface area contributed by atoms with Crippen LogP contribution < -0.4 is 9.62 Å². The lowest BCUT2D eigenvalue weighted by Gasteiger charge is -2.34. The lowest BCUT2D eigenvalue weighted by atomic mass is 10.1. The molecule has 1 aliphatic heterocycles. The lowest BCUT2D eigenvalue weighted by Crippen LogP contribution is -2.39. The van der Waals surface area contributed by atoms with Gasteiger partial charge in [-0.1, -0.05) is 27.9 Å². The van der Waals surface area contributed by atoms with E-state index in [1.165, 1.54) is 34.1 Å². The number of nitrogens with zero attached hydrogens (tertiary/aromatic N) is 1. The number of nitrogens with one attached hydrogen (secondary N) is 1. The molecule has 1 fully saturated rings. The Balaban J connectivity index is 2.26. The van der Waals surface area contributed by atoms with Crippen LogP contribution in [0.25, 0.3) is 0 Å². The summed E-state index contributed by atoms with van der Waals surface area (Å²) in [5, 5.41) is 3.43. The normalized spacial score (nSPS) is 16.9. The van der Waals surface area contributed by atoms with Crippen LogP contribution in [0.4, 0.5) is 5.69 Å². The number of anilines is 1. The van der Waals surface area contributed by atoms with Gasteiger partial charge in [-0.3, -0.25) is 0 Å². The van der Waals surface area contributed by atoms with Gasteiger partial charge in [0.25, 0.3) is 0 Å². The van der Waals surface area contributed by atoms with Gasteiger partial charge in [0.15, 0.2) is 0 Å². The maximum Gasteiger partial charge on any atom is 0.0479 e. The molecule has 1 aromatic rings. The third-order valence-corrected chi connectivity index (χ3v) is 5.67. The first-order valence-corrected chi connectivity index (χ1v) is 8.41. The monoisotopic (exact) mass is 328 g/mol. The minimum absolute atomic E-state index is 0.654. The topological polar surface area (TPSA) is 15.3 Å². The van der Waals surface area contributed by atoms with Crippen LogP contribution in [-0.2, 0) is 0 Å². The molecule has 1 aromatic carbocycles. The average molecular weight is 329 g/mol. The molecule has 0 spiro atoms. The molecule has 0 atom stereocenters. The van der Waals surface area contributed by atoms with E-state index in [9.17, 15) is 0 Å². The van der Waals surface area contributed by atoms with Gasteiger partial charge < -0.3 is 9.62 Å².